The topological polar surface area (TPSA) is 46.2 Å². The van der Waals surface area contributed by atoms with Gasteiger partial charge in [-0.25, -0.2) is 0 Å². The minimum Gasteiger partial charge on any atom is -0.507 e. The molecule has 0 fully saturated rings. The van der Waals surface area contributed by atoms with Crippen molar-refractivity contribution in [1.82, 2.24) is 0 Å². The fourth-order valence-electron chi connectivity index (χ4n) is 1.65. The number of anilines is 1. The summed E-state index contributed by atoms with van der Waals surface area (Å²) in [5, 5.41) is 10.5. The summed E-state index contributed by atoms with van der Waals surface area (Å²) < 4.78 is 0. The highest BCUT2D eigenvalue weighted by atomic mass is 35.5. The molecule has 0 heterocycles. The normalized spacial score (nSPS) is 10.4. The lowest BCUT2D eigenvalue weighted by Crippen LogP contribution is -1.92. The molecule has 2 nitrogen and oxygen atoms in total. The molecule has 2 aromatic carbocycles. The Hall–Kier alpha value is -1.67. The number of hydrogen-bond donors (Lipinski definition) is 2. The Bertz CT molecular complexity index is 488. The standard InChI is InChI=1S/C13H12ClNO/c1-8-4-2-6-10(13(8)16)9-5-3-7-11(14)12(9)15/h2-7,16H,15H2,1H3. The Kier molecular flexibility index (Phi) is 2.75. The smallest absolute Gasteiger partial charge is 0.126 e. The van der Waals surface area contributed by atoms with E-state index in [2.05, 4.69) is 0 Å². The van der Waals surface area contributed by atoms with Crippen LogP contribution in [0.2, 0.25) is 5.02 Å². The Morgan fingerprint density at radius 1 is 1.06 bits per heavy atom. The Labute approximate surface area is 99.3 Å². The zero-order chi connectivity index (χ0) is 11.7. The van der Waals surface area contributed by atoms with Gasteiger partial charge in [-0.2, -0.15) is 0 Å². The zero-order valence-corrected chi connectivity index (χ0v) is 9.62. The van der Waals surface area contributed by atoms with E-state index in [-0.39, 0.29) is 5.75 Å². The van der Waals surface area contributed by atoms with Crippen molar-refractivity contribution < 1.29 is 5.11 Å². The van der Waals surface area contributed by atoms with Gasteiger partial charge in [-0.15, -0.1) is 0 Å². The summed E-state index contributed by atoms with van der Waals surface area (Å²) in [5.41, 5.74) is 8.66. The van der Waals surface area contributed by atoms with Crippen molar-refractivity contribution in [2.24, 2.45) is 0 Å². The fraction of sp³-hybridized carbons (Fsp3) is 0.0769. The minimum absolute atomic E-state index is 0.247. The molecule has 2 rings (SSSR count). The highest BCUT2D eigenvalue weighted by molar-refractivity contribution is 6.33. The van der Waals surface area contributed by atoms with Crippen molar-refractivity contribution in [3.05, 3.63) is 47.0 Å². The largest absolute Gasteiger partial charge is 0.507 e. The molecule has 0 spiro atoms. The lowest BCUT2D eigenvalue weighted by molar-refractivity contribution is 0.473. The van der Waals surface area contributed by atoms with Gasteiger partial charge in [0.25, 0.3) is 0 Å². The summed E-state index contributed by atoms with van der Waals surface area (Å²) in [6.07, 6.45) is 0. The summed E-state index contributed by atoms with van der Waals surface area (Å²) in [7, 11) is 0. The maximum absolute atomic E-state index is 9.97. The first kappa shape index (κ1) is 10.8. The summed E-state index contributed by atoms with van der Waals surface area (Å²) in [5.74, 6) is 0.247. The van der Waals surface area contributed by atoms with Crippen molar-refractivity contribution in [2.75, 3.05) is 5.73 Å². The van der Waals surface area contributed by atoms with Crippen molar-refractivity contribution in [2.45, 2.75) is 6.92 Å². The molecule has 2 aromatic rings. The molecule has 0 unspecified atom stereocenters. The summed E-state index contributed by atoms with van der Waals surface area (Å²) in [6, 6.07) is 10.9. The average Bonchev–Trinajstić information content (AvgIpc) is 2.27. The van der Waals surface area contributed by atoms with Gasteiger partial charge >= 0.3 is 0 Å². The molecule has 0 atom stereocenters. The van der Waals surface area contributed by atoms with Gasteiger partial charge < -0.3 is 10.8 Å². The van der Waals surface area contributed by atoms with Crippen LogP contribution >= 0.6 is 11.6 Å². The van der Waals surface area contributed by atoms with Crippen LogP contribution in [0.4, 0.5) is 5.69 Å². The maximum atomic E-state index is 9.97. The fourth-order valence-corrected chi connectivity index (χ4v) is 1.82. The molecule has 16 heavy (non-hydrogen) atoms. The molecule has 0 saturated carbocycles. The van der Waals surface area contributed by atoms with Crippen LogP contribution in [0.25, 0.3) is 11.1 Å². The van der Waals surface area contributed by atoms with E-state index in [0.717, 1.165) is 11.1 Å². The van der Waals surface area contributed by atoms with E-state index in [1.54, 1.807) is 6.07 Å². The number of rotatable bonds is 1. The molecule has 0 bridgehead atoms. The first-order valence-corrected chi connectivity index (χ1v) is 5.32. The highest BCUT2D eigenvalue weighted by Crippen LogP contribution is 2.37. The Balaban J connectivity index is 2.68. The number of para-hydroxylation sites is 2. The minimum atomic E-state index is 0.247. The summed E-state index contributed by atoms with van der Waals surface area (Å²) in [6.45, 7) is 1.85. The monoisotopic (exact) mass is 233 g/mol. The third kappa shape index (κ3) is 1.72. The van der Waals surface area contributed by atoms with Gasteiger partial charge in [0.1, 0.15) is 5.75 Å². The van der Waals surface area contributed by atoms with Gasteiger partial charge in [0.15, 0.2) is 0 Å². The van der Waals surface area contributed by atoms with Gasteiger partial charge in [0, 0.05) is 11.1 Å². The van der Waals surface area contributed by atoms with Gasteiger partial charge in [0.05, 0.1) is 10.7 Å². The second-order valence-corrected chi connectivity index (χ2v) is 4.08. The van der Waals surface area contributed by atoms with Crippen LogP contribution in [-0.4, -0.2) is 5.11 Å². The molecular formula is C13H12ClNO. The Morgan fingerprint density at radius 2 is 1.69 bits per heavy atom. The van der Waals surface area contributed by atoms with Gasteiger partial charge in [-0.05, 0) is 18.6 Å². The van der Waals surface area contributed by atoms with Gasteiger partial charge in [0.2, 0.25) is 0 Å². The van der Waals surface area contributed by atoms with Crippen LogP contribution in [0.1, 0.15) is 5.56 Å². The van der Waals surface area contributed by atoms with Gasteiger partial charge in [-0.3, -0.25) is 0 Å². The maximum Gasteiger partial charge on any atom is 0.126 e. The van der Waals surface area contributed by atoms with Crippen LogP contribution in [0.3, 0.4) is 0 Å². The van der Waals surface area contributed by atoms with E-state index in [0.29, 0.717) is 16.3 Å². The quantitative estimate of drug-likeness (QED) is 0.740. The first-order chi connectivity index (χ1) is 7.61. The molecule has 0 aliphatic carbocycles. The molecule has 0 amide bonds. The molecule has 0 aromatic heterocycles. The van der Waals surface area contributed by atoms with E-state index < -0.39 is 0 Å². The lowest BCUT2D eigenvalue weighted by atomic mass is 10.0. The third-order valence-electron chi connectivity index (χ3n) is 2.58. The predicted octanol–water partition coefficient (Wildman–Crippen LogP) is 3.60. The van der Waals surface area contributed by atoms with E-state index in [9.17, 15) is 5.11 Å². The average molecular weight is 234 g/mol. The number of aryl methyl sites for hydroxylation is 1. The molecule has 3 heteroatoms. The van der Waals surface area contributed by atoms with Crippen LogP contribution in [-0.2, 0) is 0 Å². The van der Waals surface area contributed by atoms with E-state index in [1.807, 2.05) is 37.3 Å². The highest BCUT2D eigenvalue weighted by Gasteiger charge is 2.10. The zero-order valence-electron chi connectivity index (χ0n) is 8.87. The molecule has 0 aliphatic heterocycles. The summed E-state index contributed by atoms with van der Waals surface area (Å²) >= 11 is 5.95. The first-order valence-electron chi connectivity index (χ1n) is 4.94. The van der Waals surface area contributed by atoms with E-state index in [4.69, 9.17) is 17.3 Å². The number of nitrogen functional groups attached to an aromatic ring is 1. The number of benzene rings is 2. The molecule has 0 saturated heterocycles. The van der Waals surface area contributed by atoms with Crippen LogP contribution in [0, 0.1) is 6.92 Å². The molecular weight excluding hydrogens is 222 g/mol. The van der Waals surface area contributed by atoms with E-state index in [1.165, 1.54) is 0 Å². The second kappa shape index (κ2) is 4.06. The molecule has 82 valence electrons. The van der Waals surface area contributed by atoms with Crippen molar-refractivity contribution in [3.63, 3.8) is 0 Å². The van der Waals surface area contributed by atoms with Crippen LogP contribution in [0.15, 0.2) is 36.4 Å². The van der Waals surface area contributed by atoms with Crippen molar-refractivity contribution in [3.8, 4) is 16.9 Å². The van der Waals surface area contributed by atoms with E-state index >= 15 is 0 Å². The lowest BCUT2D eigenvalue weighted by Gasteiger charge is -2.10. The number of nitrogens with two attached hydrogens (primary N) is 1. The Morgan fingerprint density at radius 3 is 2.44 bits per heavy atom. The molecule has 0 radical (unpaired) electrons. The van der Waals surface area contributed by atoms with Crippen molar-refractivity contribution in [1.29, 1.82) is 0 Å². The second-order valence-electron chi connectivity index (χ2n) is 3.67. The number of phenolic OH excluding ortho intramolecular Hbond substituents is 1. The number of halogens is 1. The summed E-state index contributed by atoms with van der Waals surface area (Å²) in [4.78, 5) is 0. The van der Waals surface area contributed by atoms with Crippen LogP contribution in [0.5, 0.6) is 5.75 Å². The molecule has 3 N–H and O–H groups in total. The number of aromatic hydroxyl groups is 1. The molecule has 0 aliphatic rings. The predicted molar refractivity (Wildman–Crippen MR) is 67.7 cm³/mol. The third-order valence-corrected chi connectivity index (χ3v) is 2.91. The number of phenols is 1. The SMILES string of the molecule is Cc1cccc(-c2cccc(Cl)c2N)c1O. The van der Waals surface area contributed by atoms with Crippen molar-refractivity contribution >= 4 is 17.3 Å². The number of hydrogen-bond acceptors (Lipinski definition) is 2. The van der Waals surface area contributed by atoms with Crippen LogP contribution < -0.4 is 5.73 Å². The van der Waals surface area contributed by atoms with Gasteiger partial charge in [-0.1, -0.05) is 41.9 Å².